The highest BCUT2D eigenvalue weighted by atomic mass is 16.2. The maximum atomic E-state index is 12.7. The van der Waals surface area contributed by atoms with Gasteiger partial charge in [-0.15, -0.1) is 0 Å². The van der Waals surface area contributed by atoms with E-state index in [0.717, 1.165) is 63.1 Å². The van der Waals surface area contributed by atoms with Crippen molar-refractivity contribution in [1.82, 2.24) is 25.0 Å². The Hall–Kier alpha value is -2.41. The third kappa shape index (κ3) is 3.64. The summed E-state index contributed by atoms with van der Waals surface area (Å²) in [4.78, 5) is 27.3. The Morgan fingerprint density at radius 2 is 2.07 bits per heavy atom. The largest absolute Gasteiger partial charge is 0.349 e. The van der Waals surface area contributed by atoms with Crippen molar-refractivity contribution in [3.63, 3.8) is 0 Å². The zero-order valence-corrected chi connectivity index (χ0v) is 16.8. The van der Waals surface area contributed by atoms with Crippen LogP contribution in [0.15, 0.2) is 23.0 Å². The van der Waals surface area contributed by atoms with Gasteiger partial charge in [0.15, 0.2) is 5.69 Å². The minimum atomic E-state index is -0.0569. The standard InChI is InChI=1S/C22H29N5O2/c28-20-8-4-7-19-16-11-15(13-27(19)20)12-26(14-16)10-9-23-22(29)21-17-5-2-1-3-6-18(17)24-25-21/h4,7-8,15-16H,1-3,5-6,9-14H2,(H,23,29)(H,24,25)/t15-,16+/m1/s1. The molecule has 7 heteroatoms. The molecular weight excluding hydrogens is 366 g/mol. The number of hydrogen-bond acceptors (Lipinski definition) is 4. The molecule has 5 rings (SSSR count). The van der Waals surface area contributed by atoms with Crippen molar-refractivity contribution >= 4 is 5.91 Å². The number of fused-ring (bicyclic) bond motifs is 5. The number of piperidine rings is 1. The van der Waals surface area contributed by atoms with Gasteiger partial charge in [0.1, 0.15) is 0 Å². The summed E-state index contributed by atoms with van der Waals surface area (Å²) in [6.07, 6.45) is 6.62. The third-order valence-corrected chi connectivity index (χ3v) is 6.79. The van der Waals surface area contributed by atoms with Crippen LogP contribution in [0, 0.1) is 5.92 Å². The van der Waals surface area contributed by atoms with E-state index in [2.05, 4.69) is 26.5 Å². The molecule has 2 N–H and O–H groups in total. The van der Waals surface area contributed by atoms with E-state index in [-0.39, 0.29) is 11.5 Å². The Balaban J connectivity index is 1.19. The molecule has 1 saturated heterocycles. The fourth-order valence-electron chi connectivity index (χ4n) is 5.43. The molecule has 4 heterocycles. The quantitative estimate of drug-likeness (QED) is 0.772. The molecule has 3 aliphatic rings. The molecule has 0 spiro atoms. The first-order valence-corrected chi connectivity index (χ1v) is 11.0. The lowest BCUT2D eigenvalue weighted by molar-refractivity contribution is 0.0922. The monoisotopic (exact) mass is 395 g/mol. The van der Waals surface area contributed by atoms with Crippen LogP contribution in [-0.4, -0.2) is 51.8 Å². The maximum absolute atomic E-state index is 12.7. The van der Waals surface area contributed by atoms with E-state index in [9.17, 15) is 9.59 Å². The average Bonchev–Trinajstić information content (AvgIpc) is 2.97. The summed E-state index contributed by atoms with van der Waals surface area (Å²) in [6.45, 7) is 4.22. The molecule has 1 aliphatic carbocycles. The van der Waals surface area contributed by atoms with Crippen LogP contribution in [0.3, 0.4) is 0 Å². The molecule has 2 aromatic heterocycles. The van der Waals surface area contributed by atoms with Gasteiger partial charge in [-0.05, 0) is 44.1 Å². The summed E-state index contributed by atoms with van der Waals surface area (Å²) in [5.41, 5.74) is 4.14. The Bertz CT molecular complexity index is 962. The Morgan fingerprint density at radius 1 is 1.17 bits per heavy atom. The minimum absolute atomic E-state index is 0.0569. The van der Waals surface area contributed by atoms with Crippen molar-refractivity contribution in [1.29, 1.82) is 0 Å². The van der Waals surface area contributed by atoms with Crippen molar-refractivity contribution in [2.45, 2.75) is 51.0 Å². The van der Waals surface area contributed by atoms with Gasteiger partial charge in [0.25, 0.3) is 11.5 Å². The van der Waals surface area contributed by atoms with Gasteiger partial charge in [0.2, 0.25) is 0 Å². The molecule has 154 valence electrons. The van der Waals surface area contributed by atoms with E-state index < -0.39 is 0 Å². The molecule has 7 nitrogen and oxygen atoms in total. The second-order valence-electron chi connectivity index (χ2n) is 8.80. The number of carbonyl (C=O) groups is 1. The van der Waals surface area contributed by atoms with Crippen LogP contribution >= 0.6 is 0 Å². The van der Waals surface area contributed by atoms with Gasteiger partial charge in [0.05, 0.1) is 0 Å². The predicted octanol–water partition coefficient (Wildman–Crippen LogP) is 1.69. The number of amides is 1. The van der Waals surface area contributed by atoms with E-state index >= 15 is 0 Å². The predicted molar refractivity (Wildman–Crippen MR) is 110 cm³/mol. The Labute approximate surface area is 170 Å². The van der Waals surface area contributed by atoms with Crippen molar-refractivity contribution in [3.8, 4) is 0 Å². The van der Waals surface area contributed by atoms with Gasteiger partial charge in [-0.2, -0.15) is 5.10 Å². The lowest BCUT2D eigenvalue weighted by atomic mass is 9.83. The minimum Gasteiger partial charge on any atom is -0.349 e. The van der Waals surface area contributed by atoms with Crippen molar-refractivity contribution in [3.05, 3.63) is 51.2 Å². The third-order valence-electron chi connectivity index (χ3n) is 6.79. The van der Waals surface area contributed by atoms with Crippen molar-refractivity contribution in [2.24, 2.45) is 5.92 Å². The van der Waals surface area contributed by atoms with Gasteiger partial charge < -0.3 is 14.8 Å². The molecular formula is C22H29N5O2. The lowest BCUT2D eigenvalue weighted by Gasteiger charge is -2.42. The number of likely N-dealkylation sites (tertiary alicyclic amines) is 1. The van der Waals surface area contributed by atoms with Crippen LogP contribution in [0.1, 0.15) is 59.0 Å². The van der Waals surface area contributed by atoms with Gasteiger partial charge in [-0.3, -0.25) is 14.7 Å². The second kappa shape index (κ2) is 7.78. The van der Waals surface area contributed by atoms with Gasteiger partial charge in [-0.1, -0.05) is 12.5 Å². The number of nitrogens with zero attached hydrogens (tertiary/aromatic N) is 3. The summed E-state index contributed by atoms with van der Waals surface area (Å²) >= 11 is 0. The molecule has 0 saturated carbocycles. The topological polar surface area (TPSA) is 83.0 Å². The highest BCUT2D eigenvalue weighted by Gasteiger charge is 2.34. The smallest absolute Gasteiger partial charge is 0.272 e. The van der Waals surface area contributed by atoms with Crippen LogP contribution in [0.25, 0.3) is 0 Å². The van der Waals surface area contributed by atoms with Gasteiger partial charge >= 0.3 is 0 Å². The van der Waals surface area contributed by atoms with Crippen LogP contribution in [0.2, 0.25) is 0 Å². The first kappa shape index (κ1) is 18.6. The summed E-state index contributed by atoms with van der Waals surface area (Å²) in [5, 5.41) is 10.5. The van der Waals surface area contributed by atoms with E-state index in [4.69, 9.17) is 0 Å². The number of pyridine rings is 1. The van der Waals surface area contributed by atoms with Crippen molar-refractivity contribution < 1.29 is 4.79 Å². The zero-order valence-electron chi connectivity index (χ0n) is 16.8. The van der Waals surface area contributed by atoms with Crippen LogP contribution in [0.5, 0.6) is 0 Å². The number of rotatable bonds is 4. The number of carbonyl (C=O) groups excluding carboxylic acids is 1. The molecule has 0 aromatic carbocycles. The number of aromatic nitrogens is 3. The van der Waals surface area contributed by atoms with Crippen LogP contribution in [0.4, 0.5) is 0 Å². The van der Waals surface area contributed by atoms with Crippen LogP contribution < -0.4 is 10.9 Å². The molecule has 0 unspecified atom stereocenters. The molecule has 2 aromatic rings. The van der Waals surface area contributed by atoms with E-state index in [1.807, 2.05) is 10.6 Å². The fraction of sp³-hybridized carbons (Fsp3) is 0.591. The fourth-order valence-corrected chi connectivity index (χ4v) is 5.43. The molecule has 0 radical (unpaired) electrons. The van der Waals surface area contributed by atoms with E-state index in [1.165, 1.54) is 18.5 Å². The number of hydrogen-bond donors (Lipinski definition) is 2. The van der Waals surface area contributed by atoms with Gasteiger partial charge in [-0.25, -0.2) is 0 Å². The molecule has 1 amide bonds. The van der Waals surface area contributed by atoms with Gasteiger partial charge in [0, 0.05) is 61.7 Å². The number of aryl methyl sites for hydroxylation is 1. The Morgan fingerprint density at radius 3 is 3.00 bits per heavy atom. The molecule has 2 aliphatic heterocycles. The normalized spacial score (nSPS) is 23.7. The maximum Gasteiger partial charge on any atom is 0.272 e. The van der Waals surface area contributed by atoms with E-state index in [1.54, 1.807) is 6.07 Å². The number of H-pyrrole nitrogens is 1. The summed E-state index contributed by atoms with van der Waals surface area (Å²) in [6, 6.07) is 5.63. The number of nitrogens with one attached hydrogen (secondary N) is 2. The zero-order chi connectivity index (χ0) is 19.8. The first-order chi connectivity index (χ1) is 14.2. The molecule has 2 atom stereocenters. The highest BCUT2D eigenvalue weighted by molar-refractivity contribution is 5.94. The second-order valence-corrected chi connectivity index (χ2v) is 8.80. The SMILES string of the molecule is O=C(NCCN1C[C@H]2C[C@@H](C1)c1cccc(=O)n1C2)c1n[nH]c2c1CCCCC2. The highest BCUT2D eigenvalue weighted by Crippen LogP contribution is 2.34. The lowest BCUT2D eigenvalue weighted by Crippen LogP contribution is -2.48. The van der Waals surface area contributed by atoms with E-state index in [0.29, 0.717) is 24.1 Å². The number of aromatic amines is 1. The van der Waals surface area contributed by atoms with Crippen LogP contribution in [-0.2, 0) is 19.4 Å². The molecule has 1 fully saturated rings. The summed E-state index contributed by atoms with van der Waals surface area (Å²) < 4.78 is 1.96. The molecule has 29 heavy (non-hydrogen) atoms. The Kier molecular flexibility index (Phi) is 4.99. The average molecular weight is 396 g/mol. The molecule has 2 bridgehead atoms. The van der Waals surface area contributed by atoms with Crippen molar-refractivity contribution in [2.75, 3.05) is 26.2 Å². The summed E-state index contributed by atoms with van der Waals surface area (Å²) in [7, 11) is 0. The summed E-state index contributed by atoms with van der Waals surface area (Å²) in [5.74, 6) is 0.867. The first-order valence-electron chi connectivity index (χ1n) is 11.0.